The quantitative estimate of drug-likeness (QED) is 0.249. The lowest BCUT2D eigenvalue weighted by Crippen LogP contribution is -2.48. The molecule has 202 valence electrons. The van der Waals surface area contributed by atoms with Crippen LogP contribution >= 0.6 is 11.3 Å². The molecule has 0 aliphatic heterocycles. The number of carbonyl (C=O) groups is 2. The van der Waals surface area contributed by atoms with Gasteiger partial charge in [0.25, 0.3) is 11.8 Å². The lowest BCUT2D eigenvalue weighted by molar-refractivity contribution is 0.0784. The van der Waals surface area contributed by atoms with E-state index in [0.29, 0.717) is 37.2 Å². The third-order valence-electron chi connectivity index (χ3n) is 6.36. The number of aromatic nitrogens is 1. The van der Waals surface area contributed by atoms with Crippen LogP contribution in [-0.2, 0) is 19.5 Å². The highest BCUT2D eigenvalue weighted by Gasteiger charge is 2.23. The number of benzene rings is 3. The molecule has 0 aliphatic carbocycles. The molecule has 1 heterocycles. The smallest absolute Gasteiger partial charge is 0.253 e. The van der Waals surface area contributed by atoms with Crippen molar-refractivity contribution in [1.82, 2.24) is 20.5 Å². The maximum atomic E-state index is 13.3. The number of hydrogen-bond acceptors (Lipinski definition) is 6. The van der Waals surface area contributed by atoms with E-state index in [4.69, 9.17) is 0 Å². The zero-order chi connectivity index (χ0) is 27.6. The van der Waals surface area contributed by atoms with Crippen LogP contribution in [0.5, 0.6) is 0 Å². The summed E-state index contributed by atoms with van der Waals surface area (Å²) in [6, 6.07) is 25.9. The number of nitrogens with one attached hydrogen (secondary N) is 2. The summed E-state index contributed by atoms with van der Waals surface area (Å²) in [6.07, 6.45) is -0.356. The number of aliphatic hydroxyl groups excluding tert-OH is 1. The summed E-state index contributed by atoms with van der Waals surface area (Å²) in [6.45, 7) is 3.24. The van der Waals surface area contributed by atoms with Crippen LogP contribution in [-0.4, -0.2) is 52.5 Å². The minimum absolute atomic E-state index is 0.191. The Morgan fingerprint density at radius 3 is 2.28 bits per heavy atom. The molecule has 7 nitrogen and oxygen atoms in total. The molecule has 1 aromatic heterocycles. The predicted octanol–water partition coefficient (Wildman–Crippen LogP) is 4.22. The zero-order valence-corrected chi connectivity index (χ0v) is 23.0. The van der Waals surface area contributed by atoms with E-state index in [-0.39, 0.29) is 11.8 Å². The van der Waals surface area contributed by atoms with Crippen molar-refractivity contribution in [1.29, 1.82) is 0 Å². The number of thiazole rings is 1. The SMILES string of the molecule is Cc1csc(CN(C)C(=O)c2cccc(C(=O)N[C@@H](Cc3ccccc3)[C@H](O)CNCc3ccccc3)c2)n1. The maximum Gasteiger partial charge on any atom is 0.253 e. The molecule has 0 radical (unpaired) electrons. The fourth-order valence-corrected chi connectivity index (χ4v) is 5.09. The molecule has 39 heavy (non-hydrogen) atoms. The van der Waals surface area contributed by atoms with Gasteiger partial charge < -0.3 is 20.6 Å². The van der Waals surface area contributed by atoms with E-state index in [9.17, 15) is 14.7 Å². The molecule has 0 aliphatic rings. The zero-order valence-electron chi connectivity index (χ0n) is 22.2. The van der Waals surface area contributed by atoms with Crippen LogP contribution in [0.1, 0.15) is 42.5 Å². The van der Waals surface area contributed by atoms with Crippen LogP contribution in [0.25, 0.3) is 0 Å². The molecule has 0 saturated carbocycles. The summed E-state index contributed by atoms with van der Waals surface area (Å²) < 4.78 is 0. The first-order valence-corrected chi connectivity index (χ1v) is 13.8. The van der Waals surface area contributed by atoms with Crippen LogP contribution < -0.4 is 10.6 Å². The topological polar surface area (TPSA) is 94.6 Å². The Labute approximate surface area is 233 Å². The molecular weight excluding hydrogens is 508 g/mol. The van der Waals surface area contributed by atoms with Gasteiger partial charge in [-0.2, -0.15) is 0 Å². The Morgan fingerprint density at radius 1 is 0.949 bits per heavy atom. The first kappa shape index (κ1) is 28.2. The van der Waals surface area contributed by atoms with E-state index in [1.165, 1.54) is 11.3 Å². The third kappa shape index (κ3) is 8.32. The fourth-order valence-electron chi connectivity index (χ4n) is 4.27. The van der Waals surface area contributed by atoms with E-state index in [2.05, 4.69) is 15.6 Å². The van der Waals surface area contributed by atoms with Gasteiger partial charge in [0, 0.05) is 42.3 Å². The summed E-state index contributed by atoms with van der Waals surface area (Å²) in [5, 5.41) is 20.2. The van der Waals surface area contributed by atoms with Crippen LogP contribution in [0.15, 0.2) is 90.3 Å². The molecule has 8 heteroatoms. The van der Waals surface area contributed by atoms with E-state index in [1.54, 1.807) is 36.2 Å². The molecule has 4 aromatic rings. The lowest BCUT2D eigenvalue weighted by atomic mass is 10.00. The largest absolute Gasteiger partial charge is 0.390 e. The van der Waals surface area contributed by atoms with E-state index >= 15 is 0 Å². The van der Waals surface area contributed by atoms with Gasteiger partial charge in [-0.25, -0.2) is 4.98 Å². The summed E-state index contributed by atoms with van der Waals surface area (Å²) in [7, 11) is 1.72. The lowest BCUT2D eigenvalue weighted by Gasteiger charge is -2.25. The van der Waals surface area contributed by atoms with Crippen molar-refractivity contribution >= 4 is 23.2 Å². The van der Waals surface area contributed by atoms with Gasteiger partial charge in [0.05, 0.1) is 18.7 Å². The number of hydrogen-bond donors (Lipinski definition) is 3. The Hall–Kier alpha value is -3.85. The monoisotopic (exact) mass is 542 g/mol. The first-order valence-electron chi connectivity index (χ1n) is 12.9. The number of nitrogens with zero attached hydrogens (tertiary/aromatic N) is 2. The van der Waals surface area contributed by atoms with Crippen molar-refractivity contribution in [3.8, 4) is 0 Å². The summed E-state index contributed by atoms with van der Waals surface area (Å²) in [5.74, 6) is -0.533. The van der Waals surface area contributed by atoms with Crippen LogP contribution in [0.2, 0.25) is 0 Å². The highest BCUT2D eigenvalue weighted by atomic mass is 32.1. The molecule has 3 N–H and O–H groups in total. The Bertz CT molecular complexity index is 1360. The molecule has 0 fully saturated rings. The highest BCUT2D eigenvalue weighted by molar-refractivity contribution is 7.09. The number of rotatable bonds is 12. The molecule has 0 unspecified atom stereocenters. The standard InChI is InChI=1S/C31H34N4O3S/c1-22-21-39-29(33-22)20-35(2)31(38)26-15-9-14-25(17-26)30(37)34-27(16-23-10-5-3-6-11-23)28(36)19-32-18-24-12-7-4-8-13-24/h3-15,17,21,27-28,32,36H,16,18-20H2,1-2H3,(H,34,37)/t27-,28+/m0/s1. The van der Waals surface area contributed by atoms with E-state index in [1.807, 2.05) is 73.0 Å². The van der Waals surface area contributed by atoms with Gasteiger partial charge in [0.2, 0.25) is 0 Å². The Kier molecular flexibility index (Phi) is 9.97. The predicted molar refractivity (Wildman–Crippen MR) is 155 cm³/mol. The van der Waals surface area contributed by atoms with Gasteiger partial charge >= 0.3 is 0 Å². The number of aryl methyl sites for hydroxylation is 1. The van der Waals surface area contributed by atoms with Crippen molar-refractivity contribution in [3.63, 3.8) is 0 Å². The van der Waals surface area contributed by atoms with Crippen LogP contribution in [0, 0.1) is 6.92 Å². The summed E-state index contributed by atoms with van der Waals surface area (Å²) >= 11 is 1.51. The minimum atomic E-state index is -0.824. The van der Waals surface area contributed by atoms with Crippen molar-refractivity contribution < 1.29 is 14.7 Å². The molecular formula is C31H34N4O3S. The van der Waals surface area contributed by atoms with Gasteiger partial charge in [-0.15, -0.1) is 11.3 Å². The number of aliphatic hydroxyl groups is 1. The minimum Gasteiger partial charge on any atom is -0.390 e. The van der Waals surface area contributed by atoms with Crippen LogP contribution in [0.3, 0.4) is 0 Å². The first-order chi connectivity index (χ1) is 18.9. The molecule has 0 spiro atoms. The average molecular weight is 543 g/mol. The van der Waals surface area contributed by atoms with Gasteiger partial charge in [0.15, 0.2) is 0 Å². The van der Waals surface area contributed by atoms with Gasteiger partial charge in [-0.3, -0.25) is 9.59 Å². The molecule has 4 rings (SSSR count). The van der Waals surface area contributed by atoms with E-state index in [0.717, 1.165) is 21.8 Å². The Balaban J connectivity index is 1.42. The summed E-state index contributed by atoms with van der Waals surface area (Å²) in [5.41, 5.74) is 3.83. The third-order valence-corrected chi connectivity index (χ3v) is 7.31. The van der Waals surface area contributed by atoms with Gasteiger partial charge in [-0.1, -0.05) is 66.7 Å². The second-order valence-corrected chi connectivity index (χ2v) is 10.5. The molecule has 2 atom stereocenters. The summed E-state index contributed by atoms with van der Waals surface area (Å²) in [4.78, 5) is 32.4. The molecule has 0 saturated heterocycles. The number of amides is 2. The van der Waals surface area contributed by atoms with Crippen molar-refractivity contribution in [2.24, 2.45) is 0 Å². The second kappa shape index (κ2) is 13.8. The van der Waals surface area contributed by atoms with Gasteiger partial charge in [0.1, 0.15) is 5.01 Å². The van der Waals surface area contributed by atoms with Crippen LogP contribution in [0.4, 0.5) is 0 Å². The van der Waals surface area contributed by atoms with Crippen molar-refractivity contribution in [3.05, 3.63) is 123 Å². The number of carbonyl (C=O) groups excluding carboxylic acids is 2. The molecule has 0 bridgehead atoms. The Morgan fingerprint density at radius 2 is 1.62 bits per heavy atom. The highest BCUT2D eigenvalue weighted by Crippen LogP contribution is 2.15. The fraction of sp³-hybridized carbons (Fsp3) is 0.258. The normalized spacial score (nSPS) is 12.5. The maximum absolute atomic E-state index is 13.3. The van der Waals surface area contributed by atoms with E-state index < -0.39 is 12.1 Å². The molecule has 2 amide bonds. The van der Waals surface area contributed by atoms with Gasteiger partial charge in [-0.05, 0) is 42.7 Å². The average Bonchev–Trinajstić information content (AvgIpc) is 3.37. The molecule has 3 aromatic carbocycles. The van der Waals surface area contributed by atoms with Crippen molar-refractivity contribution in [2.75, 3.05) is 13.6 Å². The van der Waals surface area contributed by atoms with Crippen molar-refractivity contribution in [2.45, 2.75) is 38.6 Å². The second-order valence-electron chi connectivity index (χ2n) is 9.58.